The average molecular weight is 181 g/mol. The minimum atomic E-state index is -0.182. The highest BCUT2D eigenvalue weighted by Crippen LogP contribution is 2.30. The molecule has 3 heteroatoms. The van der Waals surface area contributed by atoms with Crippen molar-refractivity contribution in [3.05, 3.63) is 29.6 Å². The van der Waals surface area contributed by atoms with Gasteiger partial charge in [0.2, 0.25) is 0 Å². The van der Waals surface area contributed by atoms with Gasteiger partial charge in [0.25, 0.3) is 0 Å². The highest BCUT2D eigenvalue weighted by Gasteiger charge is 2.04. The quantitative estimate of drug-likeness (QED) is 0.664. The van der Waals surface area contributed by atoms with Crippen LogP contribution in [0.3, 0.4) is 0 Å². The molecule has 0 saturated carbocycles. The maximum Gasteiger partial charge on any atom is 0.132 e. The average Bonchev–Trinajstić information content (AvgIpc) is 2.29. The number of thiophene rings is 1. The van der Waals surface area contributed by atoms with E-state index in [4.69, 9.17) is 5.73 Å². The number of nitrogen functional groups attached to an aromatic ring is 1. The number of benzene rings is 1. The first-order chi connectivity index (χ1) is 5.66. The van der Waals surface area contributed by atoms with Crippen LogP contribution < -0.4 is 5.73 Å². The topological polar surface area (TPSA) is 26.0 Å². The van der Waals surface area contributed by atoms with Crippen molar-refractivity contribution in [1.82, 2.24) is 0 Å². The monoisotopic (exact) mass is 181 g/mol. The van der Waals surface area contributed by atoms with E-state index in [0.717, 1.165) is 10.3 Å². The van der Waals surface area contributed by atoms with E-state index in [9.17, 15) is 4.39 Å². The number of rotatable bonds is 0. The van der Waals surface area contributed by atoms with Crippen molar-refractivity contribution in [3.8, 4) is 0 Å². The van der Waals surface area contributed by atoms with Gasteiger partial charge in [-0.25, -0.2) is 4.39 Å². The molecule has 0 spiro atoms. The van der Waals surface area contributed by atoms with E-state index in [1.807, 2.05) is 13.0 Å². The van der Waals surface area contributed by atoms with Crippen LogP contribution in [-0.4, -0.2) is 0 Å². The van der Waals surface area contributed by atoms with Crippen LogP contribution in [0.5, 0.6) is 0 Å². The molecule has 1 aromatic heterocycles. The molecule has 1 nitrogen and oxygen atoms in total. The van der Waals surface area contributed by atoms with Gasteiger partial charge in [-0.2, -0.15) is 0 Å². The number of halogens is 1. The summed E-state index contributed by atoms with van der Waals surface area (Å²) < 4.78 is 14.1. The van der Waals surface area contributed by atoms with Crippen LogP contribution >= 0.6 is 11.3 Å². The van der Waals surface area contributed by atoms with Gasteiger partial charge in [0.05, 0.1) is 5.00 Å². The lowest BCUT2D eigenvalue weighted by molar-refractivity contribution is 0.639. The number of hydrogen-bond acceptors (Lipinski definition) is 2. The van der Waals surface area contributed by atoms with E-state index in [2.05, 4.69) is 0 Å². The van der Waals surface area contributed by atoms with Crippen LogP contribution in [0, 0.1) is 12.7 Å². The molecule has 0 radical (unpaired) electrons. The largest absolute Gasteiger partial charge is 0.391 e. The number of nitrogens with two attached hydrogens (primary N) is 1. The maximum absolute atomic E-state index is 13.2. The van der Waals surface area contributed by atoms with Crippen LogP contribution in [0.15, 0.2) is 18.2 Å². The van der Waals surface area contributed by atoms with Gasteiger partial charge in [-0.3, -0.25) is 0 Å². The molecule has 2 N–H and O–H groups in total. The molecule has 0 unspecified atom stereocenters. The Morgan fingerprint density at radius 3 is 2.83 bits per heavy atom. The number of fused-ring (bicyclic) bond motifs is 1. The van der Waals surface area contributed by atoms with Crippen molar-refractivity contribution >= 4 is 26.4 Å². The summed E-state index contributed by atoms with van der Waals surface area (Å²) >= 11 is 1.42. The summed E-state index contributed by atoms with van der Waals surface area (Å²) in [4.78, 5) is 0. The van der Waals surface area contributed by atoms with Gasteiger partial charge < -0.3 is 5.73 Å². The summed E-state index contributed by atoms with van der Waals surface area (Å²) in [5, 5.41) is 1.29. The highest BCUT2D eigenvalue weighted by molar-refractivity contribution is 7.22. The second-order valence-corrected chi connectivity index (χ2v) is 3.92. The molecule has 0 aliphatic heterocycles. The molecule has 0 bridgehead atoms. The molecule has 62 valence electrons. The smallest absolute Gasteiger partial charge is 0.132 e. The Labute approximate surface area is 73.6 Å². The van der Waals surface area contributed by atoms with Gasteiger partial charge >= 0.3 is 0 Å². The fourth-order valence-electron chi connectivity index (χ4n) is 1.24. The third-order valence-electron chi connectivity index (χ3n) is 1.75. The molecular formula is C9H8FNS. The number of anilines is 1. The summed E-state index contributed by atoms with van der Waals surface area (Å²) in [7, 11) is 0. The standard InChI is InChI=1S/C9H8FNS/c1-5-2-7(10)6-4-9(11)12-8(6)3-5/h2-4H,11H2,1H3. The summed E-state index contributed by atoms with van der Waals surface area (Å²) in [6.45, 7) is 1.87. The predicted octanol–water partition coefficient (Wildman–Crippen LogP) is 2.93. The van der Waals surface area contributed by atoms with Gasteiger partial charge in [-0.15, -0.1) is 11.3 Å². The first kappa shape index (κ1) is 7.55. The van der Waals surface area contributed by atoms with Gasteiger partial charge in [-0.1, -0.05) is 0 Å². The lowest BCUT2D eigenvalue weighted by Crippen LogP contribution is -1.77. The van der Waals surface area contributed by atoms with Crippen molar-refractivity contribution in [3.63, 3.8) is 0 Å². The molecular weight excluding hydrogens is 173 g/mol. The Kier molecular flexibility index (Phi) is 1.54. The predicted molar refractivity (Wildman–Crippen MR) is 50.9 cm³/mol. The molecule has 2 rings (SSSR count). The molecule has 0 fully saturated rings. The Hall–Kier alpha value is -1.09. The van der Waals surface area contributed by atoms with Crippen molar-refractivity contribution in [2.45, 2.75) is 6.92 Å². The molecule has 1 aromatic carbocycles. The van der Waals surface area contributed by atoms with Gasteiger partial charge in [0, 0.05) is 10.1 Å². The van der Waals surface area contributed by atoms with Gasteiger partial charge in [0.15, 0.2) is 0 Å². The zero-order valence-corrected chi connectivity index (χ0v) is 7.41. The van der Waals surface area contributed by atoms with E-state index in [-0.39, 0.29) is 5.82 Å². The molecule has 0 aliphatic carbocycles. The fourth-order valence-corrected chi connectivity index (χ4v) is 2.19. The molecule has 12 heavy (non-hydrogen) atoms. The Morgan fingerprint density at radius 2 is 2.08 bits per heavy atom. The molecule has 1 heterocycles. The van der Waals surface area contributed by atoms with Crippen LogP contribution in [0.2, 0.25) is 0 Å². The Balaban J connectivity index is 2.88. The fraction of sp³-hybridized carbons (Fsp3) is 0.111. The van der Waals surface area contributed by atoms with Crippen LogP contribution in [0.25, 0.3) is 10.1 Å². The van der Waals surface area contributed by atoms with E-state index < -0.39 is 0 Å². The molecule has 0 saturated heterocycles. The SMILES string of the molecule is Cc1cc(F)c2cc(N)sc2c1. The minimum Gasteiger partial charge on any atom is -0.391 e. The second kappa shape index (κ2) is 2.45. The van der Waals surface area contributed by atoms with Gasteiger partial charge in [-0.05, 0) is 30.7 Å². The summed E-state index contributed by atoms with van der Waals surface area (Å²) in [5.41, 5.74) is 6.49. The molecule has 0 atom stereocenters. The third kappa shape index (κ3) is 1.06. The van der Waals surface area contributed by atoms with E-state index in [0.29, 0.717) is 10.4 Å². The highest BCUT2D eigenvalue weighted by atomic mass is 32.1. The number of hydrogen-bond donors (Lipinski definition) is 1. The normalized spacial score (nSPS) is 10.8. The molecule has 0 amide bonds. The summed E-state index contributed by atoms with van der Waals surface area (Å²) in [5.74, 6) is -0.182. The Morgan fingerprint density at radius 1 is 1.33 bits per heavy atom. The van der Waals surface area contributed by atoms with Crippen molar-refractivity contribution in [2.75, 3.05) is 5.73 Å². The lowest BCUT2D eigenvalue weighted by atomic mass is 10.2. The summed E-state index contributed by atoms with van der Waals surface area (Å²) in [6.07, 6.45) is 0. The second-order valence-electron chi connectivity index (χ2n) is 2.81. The van der Waals surface area contributed by atoms with E-state index in [1.165, 1.54) is 17.4 Å². The van der Waals surface area contributed by atoms with E-state index >= 15 is 0 Å². The maximum atomic E-state index is 13.2. The zero-order chi connectivity index (χ0) is 8.72. The zero-order valence-electron chi connectivity index (χ0n) is 6.60. The van der Waals surface area contributed by atoms with Gasteiger partial charge in [0.1, 0.15) is 5.82 Å². The van der Waals surface area contributed by atoms with Crippen molar-refractivity contribution < 1.29 is 4.39 Å². The molecule has 2 aromatic rings. The number of aryl methyl sites for hydroxylation is 1. The van der Waals surface area contributed by atoms with Crippen LogP contribution in [0.1, 0.15) is 5.56 Å². The van der Waals surface area contributed by atoms with Crippen molar-refractivity contribution in [2.24, 2.45) is 0 Å². The Bertz CT molecular complexity index is 433. The van der Waals surface area contributed by atoms with E-state index in [1.54, 1.807) is 6.07 Å². The molecule has 0 aliphatic rings. The third-order valence-corrected chi connectivity index (χ3v) is 2.66. The van der Waals surface area contributed by atoms with Crippen molar-refractivity contribution in [1.29, 1.82) is 0 Å². The summed E-state index contributed by atoms with van der Waals surface area (Å²) in [6, 6.07) is 5.14. The lowest BCUT2D eigenvalue weighted by Gasteiger charge is -1.93. The van der Waals surface area contributed by atoms with Crippen LogP contribution in [0.4, 0.5) is 9.39 Å². The first-order valence-electron chi connectivity index (χ1n) is 3.62. The minimum absolute atomic E-state index is 0.182. The first-order valence-corrected chi connectivity index (χ1v) is 4.43. The van der Waals surface area contributed by atoms with Crippen LogP contribution in [-0.2, 0) is 0 Å².